The van der Waals surface area contributed by atoms with Crippen LogP contribution in [0.2, 0.25) is 5.02 Å². The third-order valence-electron chi connectivity index (χ3n) is 4.44. The van der Waals surface area contributed by atoms with Crippen LogP contribution in [0.4, 0.5) is 0 Å². The molecule has 0 bridgehead atoms. The van der Waals surface area contributed by atoms with Gasteiger partial charge in [0.05, 0.1) is 0 Å². The number of benzene rings is 1. The van der Waals surface area contributed by atoms with Crippen LogP contribution in [0.1, 0.15) is 43.0 Å². The summed E-state index contributed by atoms with van der Waals surface area (Å²) in [6.45, 7) is 3.79. The molecule has 0 aliphatic carbocycles. The van der Waals surface area contributed by atoms with Crippen LogP contribution in [0.3, 0.4) is 0 Å². The molecule has 0 radical (unpaired) electrons. The molecule has 1 aliphatic rings. The monoisotopic (exact) mass is 380 g/mol. The molecule has 6 nitrogen and oxygen atoms in total. The second-order valence-corrected chi connectivity index (χ2v) is 7.03. The van der Waals surface area contributed by atoms with Crippen molar-refractivity contribution in [3.63, 3.8) is 0 Å². The van der Waals surface area contributed by atoms with Gasteiger partial charge >= 0.3 is 5.97 Å². The topological polar surface area (TPSA) is 75.7 Å². The minimum atomic E-state index is -0.426. The molecule has 1 aromatic carbocycles. The van der Waals surface area contributed by atoms with Crippen molar-refractivity contribution in [2.24, 2.45) is 5.92 Å². The minimum Gasteiger partial charge on any atom is -0.456 e. The fraction of sp³-hybridized carbons (Fsp3) is 0.526. The molecule has 1 heterocycles. The van der Waals surface area contributed by atoms with Crippen molar-refractivity contribution in [3.8, 4) is 0 Å². The molecule has 2 rings (SSSR count). The van der Waals surface area contributed by atoms with Crippen molar-refractivity contribution in [1.82, 2.24) is 10.2 Å². The Balaban J connectivity index is 1.58. The Bertz CT molecular complexity index is 625. The van der Waals surface area contributed by atoms with Gasteiger partial charge < -0.3 is 15.0 Å². The van der Waals surface area contributed by atoms with Crippen LogP contribution < -0.4 is 5.32 Å². The van der Waals surface area contributed by atoms with Gasteiger partial charge in [0.2, 0.25) is 0 Å². The highest BCUT2D eigenvalue weighted by molar-refractivity contribution is 6.30. The van der Waals surface area contributed by atoms with E-state index in [1.54, 1.807) is 29.2 Å². The summed E-state index contributed by atoms with van der Waals surface area (Å²) in [6.07, 6.45) is 2.60. The Morgan fingerprint density at radius 3 is 2.50 bits per heavy atom. The number of carbonyl (C=O) groups excluding carboxylic acids is 3. The summed E-state index contributed by atoms with van der Waals surface area (Å²) in [5.41, 5.74) is 0.512. The second kappa shape index (κ2) is 10.2. The molecule has 1 fully saturated rings. The lowest BCUT2D eigenvalue weighted by molar-refractivity contribution is -0.152. The second-order valence-electron chi connectivity index (χ2n) is 6.59. The first-order valence-electron chi connectivity index (χ1n) is 8.93. The average molecular weight is 381 g/mol. The molecule has 0 unspecified atom stereocenters. The molecule has 1 saturated heterocycles. The summed E-state index contributed by atoms with van der Waals surface area (Å²) < 4.78 is 5.03. The van der Waals surface area contributed by atoms with Crippen molar-refractivity contribution in [2.45, 2.75) is 32.6 Å². The van der Waals surface area contributed by atoms with Gasteiger partial charge in [-0.05, 0) is 49.4 Å². The molecule has 0 saturated carbocycles. The Labute approximate surface area is 158 Å². The average Bonchev–Trinajstić information content (AvgIpc) is 2.64. The first-order valence-corrected chi connectivity index (χ1v) is 9.30. The van der Waals surface area contributed by atoms with Gasteiger partial charge in [0.15, 0.2) is 6.61 Å². The number of amides is 2. The third kappa shape index (κ3) is 6.67. The standard InChI is InChI=1S/C19H25ClN2O4/c1-14-8-11-22(12-9-14)17(23)13-26-18(24)3-2-10-21-19(25)15-4-6-16(20)7-5-15/h4-7,14H,2-3,8-13H2,1H3,(H,21,25). The van der Waals surface area contributed by atoms with E-state index in [4.69, 9.17) is 16.3 Å². The zero-order valence-corrected chi connectivity index (χ0v) is 15.8. The van der Waals surface area contributed by atoms with E-state index in [1.165, 1.54) is 0 Å². The van der Waals surface area contributed by atoms with Crippen LogP contribution in [0.15, 0.2) is 24.3 Å². The van der Waals surface area contributed by atoms with Gasteiger partial charge in [0.1, 0.15) is 0 Å². The van der Waals surface area contributed by atoms with Gasteiger partial charge in [0, 0.05) is 36.6 Å². The summed E-state index contributed by atoms with van der Waals surface area (Å²) in [5.74, 6) is -0.139. The number of likely N-dealkylation sites (tertiary alicyclic amines) is 1. The molecular weight excluding hydrogens is 356 g/mol. The van der Waals surface area contributed by atoms with E-state index in [2.05, 4.69) is 12.2 Å². The summed E-state index contributed by atoms with van der Waals surface area (Å²) >= 11 is 5.78. The van der Waals surface area contributed by atoms with Crippen molar-refractivity contribution < 1.29 is 19.1 Å². The lowest BCUT2D eigenvalue weighted by atomic mass is 9.99. The van der Waals surface area contributed by atoms with E-state index in [-0.39, 0.29) is 24.8 Å². The molecule has 0 spiro atoms. The van der Waals surface area contributed by atoms with E-state index in [0.717, 1.165) is 25.9 Å². The number of hydrogen-bond acceptors (Lipinski definition) is 4. The molecule has 7 heteroatoms. The SMILES string of the molecule is CC1CCN(C(=O)COC(=O)CCCNC(=O)c2ccc(Cl)cc2)CC1. The zero-order valence-electron chi connectivity index (χ0n) is 15.0. The van der Waals surface area contributed by atoms with Gasteiger partial charge in [-0.2, -0.15) is 0 Å². The van der Waals surface area contributed by atoms with Gasteiger partial charge in [-0.15, -0.1) is 0 Å². The van der Waals surface area contributed by atoms with Crippen LogP contribution >= 0.6 is 11.6 Å². The number of piperidine rings is 1. The lowest BCUT2D eigenvalue weighted by Gasteiger charge is -2.30. The van der Waals surface area contributed by atoms with E-state index in [1.807, 2.05) is 0 Å². The number of nitrogens with zero attached hydrogens (tertiary/aromatic N) is 1. The first-order chi connectivity index (χ1) is 12.5. The van der Waals surface area contributed by atoms with Crippen LogP contribution in [0.25, 0.3) is 0 Å². The summed E-state index contributed by atoms with van der Waals surface area (Å²) in [6, 6.07) is 6.57. The Hall–Kier alpha value is -2.08. The molecule has 1 aromatic rings. The summed E-state index contributed by atoms with van der Waals surface area (Å²) in [5, 5.41) is 3.30. The van der Waals surface area contributed by atoms with Gasteiger partial charge in [0.25, 0.3) is 11.8 Å². The highest BCUT2D eigenvalue weighted by atomic mass is 35.5. The lowest BCUT2D eigenvalue weighted by Crippen LogP contribution is -2.40. The fourth-order valence-electron chi connectivity index (χ4n) is 2.70. The smallest absolute Gasteiger partial charge is 0.306 e. The molecule has 0 atom stereocenters. The van der Waals surface area contributed by atoms with Gasteiger partial charge in [-0.25, -0.2) is 0 Å². The van der Waals surface area contributed by atoms with Crippen LogP contribution in [0, 0.1) is 5.92 Å². The quantitative estimate of drug-likeness (QED) is 0.582. The molecule has 1 N–H and O–H groups in total. The maximum absolute atomic E-state index is 12.0. The normalized spacial score (nSPS) is 14.8. The Kier molecular flexibility index (Phi) is 7.91. The molecule has 2 amide bonds. The number of hydrogen-bond donors (Lipinski definition) is 1. The Morgan fingerprint density at radius 2 is 1.85 bits per heavy atom. The Morgan fingerprint density at radius 1 is 1.19 bits per heavy atom. The maximum atomic E-state index is 12.0. The van der Waals surface area contributed by atoms with E-state index in [0.29, 0.717) is 29.5 Å². The fourth-order valence-corrected chi connectivity index (χ4v) is 2.83. The summed E-state index contributed by atoms with van der Waals surface area (Å²) in [4.78, 5) is 37.3. The number of ether oxygens (including phenoxy) is 1. The van der Waals surface area contributed by atoms with Crippen molar-refractivity contribution in [3.05, 3.63) is 34.9 Å². The largest absolute Gasteiger partial charge is 0.456 e. The van der Waals surface area contributed by atoms with Crippen LogP contribution in [0.5, 0.6) is 0 Å². The van der Waals surface area contributed by atoms with Crippen molar-refractivity contribution >= 4 is 29.4 Å². The van der Waals surface area contributed by atoms with Crippen molar-refractivity contribution in [1.29, 1.82) is 0 Å². The zero-order chi connectivity index (χ0) is 18.9. The highest BCUT2D eigenvalue weighted by Crippen LogP contribution is 2.16. The highest BCUT2D eigenvalue weighted by Gasteiger charge is 2.21. The molecular formula is C19H25ClN2O4. The molecule has 142 valence electrons. The van der Waals surface area contributed by atoms with E-state index in [9.17, 15) is 14.4 Å². The van der Waals surface area contributed by atoms with E-state index >= 15 is 0 Å². The predicted molar refractivity (Wildman–Crippen MR) is 99.0 cm³/mol. The van der Waals surface area contributed by atoms with E-state index < -0.39 is 5.97 Å². The van der Waals surface area contributed by atoms with Gasteiger partial charge in [-0.3, -0.25) is 14.4 Å². The third-order valence-corrected chi connectivity index (χ3v) is 4.69. The van der Waals surface area contributed by atoms with Crippen LogP contribution in [-0.4, -0.2) is 48.9 Å². The predicted octanol–water partition coefficient (Wildman–Crippen LogP) is 2.65. The van der Waals surface area contributed by atoms with Crippen LogP contribution in [-0.2, 0) is 14.3 Å². The minimum absolute atomic E-state index is 0.138. The molecule has 0 aromatic heterocycles. The van der Waals surface area contributed by atoms with Gasteiger partial charge in [-0.1, -0.05) is 18.5 Å². The van der Waals surface area contributed by atoms with Crippen molar-refractivity contribution in [2.75, 3.05) is 26.2 Å². The molecule has 1 aliphatic heterocycles. The summed E-state index contributed by atoms with van der Waals surface area (Å²) in [7, 11) is 0. The number of nitrogens with one attached hydrogen (secondary N) is 1. The number of carbonyl (C=O) groups is 3. The first kappa shape index (κ1) is 20.2. The number of rotatable bonds is 7. The maximum Gasteiger partial charge on any atom is 0.306 e. The number of esters is 1. The number of halogens is 1. The molecule has 26 heavy (non-hydrogen) atoms.